The zero-order valence-electron chi connectivity index (χ0n) is 8.42. The van der Waals surface area contributed by atoms with Gasteiger partial charge in [-0.15, -0.1) is 5.10 Å². The highest BCUT2D eigenvalue weighted by Crippen LogP contribution is 2.06. The van der Waals surface area contributed by atoms with Gasteiger partial charge in [0.15, 0.2) is 5.16 Å². The lowest BCUT2D eigenvalue weighted by Gasteiger charge is -2.13. The van der Waals surface area contributed by atoms with Crippen LogP contribution in [0.25, 0.3) is 0 Å². The van der Waals surface area contributed by atoms with E-state index < -0.39 is 8.07 Å². The second kappa shape index (κ2) is 3.71. The molecule has 1 aromatic heterocycles. The number of H-pyrrole nitrogens is 1. The molecule has 0 atom stereocenters. The Morgan fingerprint density at radius 3 is 2.54 bits per heavy atom. The van der Waals surface area contributed by atoms with Crippen LogP contribution < -0.4 is 5.69 Å². The Balaban J connectivity index is 2.89. The lowest BCUT2D eigenvalue weighted by molar-refractivity contribution is 0.679. The molecule has 0 aromatic carbocycles. The predicted molar refractivity (Wildman–Crippen MR) is 58.0 cm³/mol. The first-order chi connectivity index (χ1) is 5.92. The van der Waals surface area contributed by atoms with E-state index in [1.165, 1.54) is 16.4 Å². The Morgan fingerprint density at radius 1 is 1.54 bits per heavy atom. The standard InChI is InChI=1S/C7H15N3OSSi/c1-12-6-8-7(11)10(9-6)5-13(2,3)4/h5H2,1-4H3,(H,8,9,11). The van der Waals surface area contributed by atoms with Gasteiger partial charge in [-0.3, -0.25) is 4.98 Å². The molecule has 0 bridgehead atoms. The number of aromatic nitrogens is 3. The van der Waals surface area contributed by atoms with Crippen molar-refractivity contribution in [2.45, 2.75) is 31.0 Å². The van der Waals surface area contributed by atoms with E-state index in [1.54, 1.807) is 0 Å². The number of nitrogens with zero attached hydrogens (tertiary/aromatic N) is 2. The maximum absolute atomic E-state index is 11.3. The molecular weight excluding hydrogens is 202 g/mol. The van der Waals surface area contributed by atoms with Crippen LogP contribution >= 0.6 is 11.8 Å². The quantitative estimate of drug-likeness (QED) is 0.611. The van der Waals surface area contributed by atoms with Gasteiger partial charge in [-0.2, -0.15) is 0 Å². The van der Waals surface area contributed by atoms with E-state index in [0.29, 0.717) is 5.16 Å². The third kappa shape index (κ3) is 3.04. The largest absolute Gasteiger partial charge is 0.343 e. The van der Waals surface area contributed by atoms with Crippen LogP contribution in [-0.4, -0.2) is 29.1 Å². The molecule has 0 aliphatic heterocycles. The maximum atomic E-state index is 11.3. The molecule has 0 aliphatic rings. The molecule has 13 heavy (non-hydrogen) atoms. The number of aromatic amines is 1. The van der Waals surface area contributed by atoms with Crippen molar-refractivity contribution in [3.05, 3.63) is 10.5 Å². The average molecular weight is 217 g/mol. The highest BCUT2D eigenvalue weighted by molar-refractivity contribution is 7.98. The lowest BCUT2D eigenvalue weighted by Crippen LogP contribution is -2.33. The minimum Gasteiger partial charge on any atom is -0.284 e. The molecule has 0 saturated heterocycles. The summed E-state index contributed by atoms with van der Waals surface area (Å²) in [7, 11) is -1.26. The molecule has 0 radical (unpaired) electrons. The Labute approximate surface area is 82.7 Å². The SMILES string of the molecule is CSc1nn(C[Si](C)(C)C)c(=O)[nH]1. The summed E-state index contributed by atoms with van der Waals surface area (Å²) in [6.07, 6.45) is 2.68. The van der Waals surface area contributed by atoms with E-state index in [-0.39, 0.29) is 5.69 Å². The van der Waals surface area contributed by atoms with E-state index in [1.807, 2.05) is 6.26 Å². The van der Waals surface area contributed by atoms with Gasteiger partial charge < -0.3 is 0 Å². The fourth-order valence-electron chi connectivity index (χ4n) is 0.984. The molecule has 6 heteroatoms. The molecule has 0 spiro atoms. The third-order valence-electron chi connectivity index (χ3n) is 1.48. The normalized spacial score (nSPS) is 12.0. The van der Waals surface area contributed by atoms with E-state index in [0.717, 1.165) is 6.17 Å². The molecule has 74 valence electrons. The van der Waals surface area contributed by atoms with Crippen LogP contribution in [0, 0.1) is 0 Å². The zero-order chi connectivity index (χ0) is 10.1. The minimum absolute atomic E-state index is 0.0909. The Morgan fingerprint density at radius 2 is 2.15 bits per heavy atom. The van der Waals surface area contributed by atoms with Crippen molar-refractivity contribution in [1.82, 2.24) is 14.8 Å². The number of hydrogen-bond donors (Lipinski definition) is 1. The van der Waals surface area contributed by atoms with E-state index >= 15 is 0 Å². The maximum Gasteiger partial charge on any atom is 0.343 e. The first-order valence-corrected chi connectivity index (χ1v) is 9.07. The third-order valence-corrected chi connectivity index (χ3v) is 3.30. The fourth-order valence-corrected chi connectivity index (χ4v) is 2.47. The van der Waals surface area contributed by atoms with Crippen LogP contribution in [0.5, 0.6) is 0 Å². The second-order valence-electron chi connectivity index (χ2n) is 4.16. The summed E-state index contributed by atoms with van der Waals surface area (Å²) in [6, 6.07) is 0. The van der Waals surface area contributed by atoms with Crippen molar-refractivity contribution in [1.29, 1.82) is 0 Å². The molecule has 0 saturated carbocycles. The van der Waals surface area contributed by atoms with Crippen LogP contribution in [0.1, 0.15) is 0 Å². The number of hydrogen-bond acceptors (Lipinski definition) is 3. The van der Waals surface area contributed by atoms with Crippen LogP contribution in [0.2, 0.25) is 19.6 Å². The molecule has 1 N–H and O–H groups in total. The summed E-state index contributed by atoms with van der Waals surface area (Å²) >= 11 is 1.46. The topological polar surface area (TPSA) is 50.7 Å². The van der Waals surface area contributed by atoms with Crippen molar-refractivity contribution in [3.63, 3.8) is 0 Å². The van der Waals surface area contributed by atoms with Gasteiger partial charge in [0.1, 0.15) is 0 Å². The van der Waals surface area contributed by atoms with Gasteiger partial charge in [0, 0.05) is 6.17 Å². The lowest BCUT2D eigenvalue weighted by atomic mass is 11.2. The van der Waals surface area contributed by atoms with E-state index in [2.05, 4.69) is 29.7 Å². The minimum atomic E-state index is -1.26. The van der Waals surface area contributed by atoms with Crippen molar-refractivity contribution in [2.75, 3.05) is 6.26 Å². The molecule has 0 amide bonds. The summed E-state index contributed by atoms with van der Waals surface area (Å²) in [6.45, 7) is 6.65. The first kappa shape index (κ1) is 10.6. The molecule has 0 fully saturated rings. The van der Waals surface area contributed by atoms with Crippen molar-refractivity contribution < 1.29 is 0 Å². The Kier molecular flexibility index (Phi) is 3.02. The van der Waals surface area contributed by atoms with Crippen molar-refractivity contribution >= 4 is 19.8 Å². The first-order valence-electron chi connectivity index (χ1n) is 4.13. The molecular formula is C7H15N3OSSi. The molecule has 1 heterocycles. The smallest absolute Gasteiger partial charge is 0.284 e. The monoisotopic (exact) mass is 217 g/mol. The van der Waals surface area contributed by atoms with Crippen LogP contribution in [-0.2, 0) is 6.17 Å². The van der Waals surface area contributed by atoms with Gasteiger partial charge in [0.2, 0.25) is 0 Å². The average Bonchev–Trinajstić information content (AvgIpc) is 2.29. The van der Waals surface area contributed by atoms with Gasteiger partial charge >= 0.3 is 5.69 Å². The fraction of sp³-hybridized carbons (Fsp3) is 0.714. The number of nitrogens with one attached hydrogen (secondary N) is 1. The van der Waals surface area contributed by atoms with Gasteiger partial charge in [0.25, 0.3) is 0 Å². The van der Waals surface area contributed by atoms with Crippen LogP contribution in [0.15, 0.2) is 9.95 Å². The predicted octanol–water partition coefficient (Wildman–Crippen LogP) is 1.17. The second-order valence-corrected chi connectivity index (χ2v) is 10.4. The van der Waals surface area contributed by atoms with Crippen LogP contribution in [0.4, 0.5) is 0 Å². The van der Waals surface area contributed by atoms with Gasteiger partial charge in [-0.05, 0) is 6.26 Å². The molecule has 1 rings (SSSR count). The summed E-state index contributed by atoms with van der Waals surface area (Å²) in [5, 5.41) is 4.86. The van der Waals surface area contributed by atoms with E-state index in [9.17, 15) is 4.79 Å². The number of rotatable bonds is 3. The zero-order valence-corrected chi connectivity index (χ0v) is 10.2. The van der Waals surface area contributed by atoms with Crippen molar-refractivity contribution in [2.24, 2.45) is 0 Å². The number of thioether (sulfide) groups is 1. The molecule has 1 aromatic rings. The summed E-state index contributed by atoms with van der Waals surface area (Å²) in [4.78, 5) is 14.0. The molecule has 4 nitrogen and oxygen atoms in total. The van der Waals surface area contributed by atoms with Gasteiger partial charge in [0.05, 0.1) is 8.07 Å². The van der Waals surface area contributed by atoms with Crippen LogP contribution in [0.3, 0.4) is 0 Å². The summed E-state index contributed by atoms with van der Waals surface area (Å²) in [5.41, 5.74) is -0.0909. The summed E-state index contributed by atoms with van der Waals surface area (Å²) in [5.74, 6) is 0. The molecule has 0 aliphatic carbocycles. The highest BCUT2D eigenvalue weighted by atomic mass is 32.2. The van der Waals surface area contributed by atoms with Gasteiger partial charge in [-0.25, -0.2) is 9.48 Å². The summed E-state index contributed by atoms with van der Waals surface area (Å²) < 4.78 is 1.54. The Bertz CT molecular complexity index is 338. The van der Waals surface area contributed by atoms with Gasteiger partial charge in [-0.1, -0.05) is 31.4 Å². The molecule has 0 unspecified atom stereocenters. The highest BCUT2D eigenvalue weighted by Gasteiger charge is 2.16. The Hall–Kier alpha value is -0.493. The van der Waals surface area contributed by atoms with E-state index in [4.69, 9.17) is 0 Å². The van der Waals surface area contributed by atoms with Crippen molar-refractivity contribution in [3.8, 4) is 0 Å².